The lowest BCUT2D eigenvalue weighted by molar-refractivity contribution is -0.125. The maximum atomic E-state index is 13.7. The molecular formula is C31H31ClN4O3S2. The normalized spacial score (nSPS) is 27.5. The Morgan fingerprint density at radius 3 is 2.49 bits per heavy atom. The van der Waals surface area contributed by atoms with Gasteiger partial charge < -0.3 is 4.90 Å². The van der Waals surface area contributed by atoms with Crippen LogP contribution in [-0.4, -0.2) is 48.8 Å². The van der Waals surface area contributed by atoms with Crippen LogP contribution in [0.5, 0.6) is 0 Å². The van der Waals surface area contributed by atoms with Crippen LogP contribution in [0.3, 0.4) is 0 Å². The molecule has 4 aliphatic rings. The van der Waals surface area contributed by atoms with E-state index in [1.165, 1.54) is 6.42 Å². The van der Waals surface area contributed by atoms with Crippen LogP contribution in [0.15, 0.2) is 42.7 Å². The standard InChI is InChI=1S/C31H31ClN4O3S2/c32-23-12-22(16-34-17-23)30-35-28(26-14-21-11-20(21)13-25(26)27(37)15-31(18-33)5-6-31)29(40-30)19-1-3-24(4-2-19)36-7-9-41(38,39)10-8-36/h1-4,12,16-17,20-21,25-26H,5-11,13-15H2/t20?,21?,25-,26-/m1/s1. The summed E-state index contributed by atoms with van der Waals surface area (Å²) >= 11 is 7.89. The van der Waals surface area contributed by atoms with Gasteiger partial charge in [0, 0.05) is 55.0 Å². The second-order valence-corrected chi connectivity index (χ2v) is 16.0. The molecule has 0 amide bonds. The number of thiazole rings is 1. The number of rotatable bonds is 7. The van der Waals surface area contributed by atoms with E-state index < -0.39 is 15.3 Å². The maximum absolute atomic E-state index is 13.7. The zero-order valence-electron chi connectivity index (χ0n) is 22.6. The first-order valence-corrected chi connectivity index (χ1v) is 17.4. The van der Waals surface area contributed by atoms with Crippen molar-refractivity contribution in [2.75, 3.05) is 29.5 Å². The number of benzene rings is 1. The van der Waals surface area contributed by atoms with Gasteiger partial charge in [-0.1, -0.05) is 23.7 Å². The number of hydrogen-bond acceptors (Lipinski definition) is 8. The Bertz CT molecular complexity index is 1640. The number of hydrogen-bond donors (Lipinski definition) is 0. The van der Waals surface area contributed by atoms with Gasteiger partial charge in [-0.2, -0.15) is 5.26 Å². The number of sulfone groups is 1. The van der Waals surface area contributed by atoms with Crippen LogP contribution in [0, 0.1) is 34.5 Å². The first-order chi connectivity index (χ1) is 19.7. The van der Waals surface area contributed by atoms with Gasteiger partial charge >= 0.3 is 0 Å². The van der Waals surface area contributed by atoms with Crippen LogP contribution in [0.1, 0.15) is 50.1 Å². The molecule has 2 unspecified atom stereocenters. The van der Waals surface area contributed by atoms with Crippen LogP contribution in [0.4, 0.5) is 5.69 Å². The Balaban J connectivity index is 1.25. The molecule has 3 heterocycles. The summed E-state index contributed by atoms with van der Waals surface area (Å²) in [6, 6.07) is 12.6. The van der Waals surface area contributed by atoms with Crippen molar-refractivity contribution in [2.45, 2.75) is 44.4 Å². The number of fused-ring (bicyclic) bond motifs is 1. The lowest BCUT2D eigenvalue weighted by Gasteiger charge is -2.30. The van der Waals surface area contributed by atoms with Crippen LogP contribution in [0.25, 0.3) is 21.0 Å². The highest BCUT2D eigenvalue weighted by atomic mass is 35.5. The summed E-state index contributed by atoms with van der Waals surface area (Å²) in [7, 11) is -2.95. The second-order valence-electron chi connectivity index (χ2n) is 12.3. The maximum Gasteiger partial charge on any atom is 0.153 e. The van der Waals surface area contributed by atoms with Crippen molar-refractivity contribution in [3.8, 4) is 27.1 Å². The minimum absolute atomic E-state index is 0.0138. The molecule has 2 aromatic heterocycles. The molecular weight excluding hydrogens is 576 g/mol. The zero-order chi connectivity index (χ0) is 28.4. The van der Waals surface area contributed by atoms with Crippen molar-refractivity contribution in [1.29, 1.82) is 5.26 Å². The highest BCUT2D eigenvalue weighted by Gasteiger charge is 2.53. The summed E-state index contributed by atoms with van der Waals surface area (Å²) < 4.78 is 23.8. The predicted octanol–water partition coefficient (Wildman–Crippen LogP) is 6.15. The minimum atomic E-state index is -2.95. The fourth-order valence-electron chi connectivity index (χ4n) is 6.71. The molecule has 7 rings (SSSR count). The van der Waals surface area contributed by atoms with Gasteiger partial charge in [-0.3, -0.25) is 9.78 Å². The van der Waals surface area contributed by atoms with Gasteiger partial charge in [-0.05, 0) is 67.7 Å². The van der Waals surface area contributed by atoms with E-state index in [0.717, 1.165) is 58.1 Å². The molecule has 1 aliphatic heterocycles. The SMILES string of the molecule is N#CC1(CC(=O)[C@@H]2CC3CC3C[C@H]2c2nc(-c3cncc(Cl)c3)sc2-c2ccc(N3CCS(=O)(=O)CC3)cc2)CC1. The fourth-order valence-corrected chi connectivity index (χ4v) is 9.20. The molecule has 0 bridgehead atoms. The van der Waals surface area contributed by atoms with Gasteiger partial charge in [-0.25, -0.2) is 13.4 Å². The first-order valence-electron chi connectivity index (χ1n) is 14.3. The fraction of sp³-hybridized carbons (Fsp3) is 0.484. The highest BCUT2D eigenvalue weighted by Crippen LogP contribution is 2.59. The van der Waals surface area contributed by atoms with Gasteiger partial charge in [0.2, 0.25) is 0 Å². The number of Topliss-reactive ketones (excluding diaryl/α,β-unsaturated/α-hetero) is 1. The van der Waals surface area contributed by atoms with Gasteiger partial charge in [0.25, 0.3) is 0 Å². The molecule has 7 nitrogen and oxygen atoms in total. The summed E-state index contributed by atoms with van der Waals surface area (Å²) in [6.07, 6.45) is 8.39. The molecule has 1 saturated heterocycles. The monoisotopic (exact) mass is 606 g/mol. The van der Waals surface area contributed by atoms with Crippen LogP contribution in [0.2, 0.25) is 5.02 Å². The Kier molecular flexibility index (Phi) is 6.72. The smallest absolute Gasteiger partial charge is 0.153 e. The summed E-state index contributed by atoms with van der Waals surface area (Å²) in [4.78, 5) is 26.4. The van der Waals surface area contributed by atoms with Crippen LogP contribution < -0.4 is 4.90 Å². The zero-order valence-corrected chi connectivity index (χ0v) is 25.0. The number of aromatic nitrogens is 2. The Hall–Kier alpha value is -2.80. The lowest BCUT2D eigenvalue weighted by atomic mass is 9.73. The van der Waals surface area contributed by atoms with Gasteiger partial charge in [0.15, 0.2) is 9.84 Å². The van der Waals surface area contributed by atoms with Crippen molar-refractivity contribution in [2.24, 2.45) is 23.2 Å². The number of anilines is 1. The number of halogens is 1. The number of pyridine rings is 1. The van der Waals surface area contributed by atoms with Crippen molar-refractivity contribution >= 4 is 44.2 Å². The van der Waals surface area contributed by atoms with Gasteiger partial charge in [-0.15, -0.1) is 11.3 Å². The number of nitriles is 1. The molecule has 1 aromatic carbocycles. The van der Waals surface area contributed by atoms with E-state index in [-0.39, 0.29) is 29.1 Å². The Morgan fingerprint density at radius 1 is 1.07 bits per heavy atom. The van der Waals surface area contributed by atoms with Crippen molar-refractivity contribution in [3.63, 3.8) is 0 Å². The average Bonchev–Trinajstić information content (AvgIpc) is 3.88. The molecule has 4 atom stereocenters. The molecule has 3 aliphatic carbocycles. The molecule has 10 heteroatoms. The van der Waals surface area contributed by atoms with E-state index in [0.29, 0.717) is 36.4 Å². The average molecular weight is 607 g/mol. The summed E-state index contributed by atoms with van der Waals surface area (Å²) in [5.41, 5.74) is 3.41. The molecule has 0 N–H and O–H groups in total. The Morgan fingerprint density at radius 2 is 1.80 bits per heavy atom. The first kappa shape index (κ1) is 27.1. The number of ketones is 1. The second kappa shape index (κ2) is 10.2. The molecule has 41 heavy (non-hydrogen) atoms. The van der Waals surface area contributed by atoms with Crippen LogP contribution >= 0.6 is 22.9 Å². The molecule has 4 fully saturated rings. The molecule has 3 saturated carbocycles. The van der Waals surface area contributed by atoms with E-state index in [1.807, 2.05) is 6.07 Å². The van der Waals surface area contributed by atoms with E-state index in [1.54, 1.807) is 23.7 Å². The van der Waals surface area contributed by atoms with Crippen molar-refractivity contribution in [3.05, 3.63) is 53.4 Å². The van der Waals surface area contributed by atoms with Crippen molar-refractivity contribution < 1.29 is 13.2 Å². The molecule has 212 valence electrons. The van der Waals surface area contributed by atoms with E-state index in [4.69, 9.17) is 16.6 Å². The quantitative estimate of drug-likeness (QED) is 0.317. The minimum Gasteiger partial charge on any atom is -0.369 e. The molecule has 3 aromatic rings. The summed E-state index contributed by atoms with van der Waals surface area (Å²) in [6.45, 7) is 0.996. The largest absolute Gasteiger partial charge is 0.369 e. The predicted molar refractivity (Wildman–Crippen MR) is 161 cm³/mol. The third-order valence-corrected chi connectivity index (χ3v) is 12.5. The molecule has 0 spiro atoms. The van der Waals surface area contributed by atoms with Crippen molar-refractivity contribution in [1.82, 2.24) is 9.97 Å². The van der Waals surface area contributed by atoms with Crippen LogP contribution in [-0.2, 0) is 14.6 Å². The lowest BCUT2D eigenvalue weighted by Crippen LogP contribution is -2.40. The highest BCUT2D eigenvalue weighted by molar-refractivity contribution is 7.91. The summed E-state index contributed by atoms with van der Waals surface area (Å²) in [5.74, 6) is 1.72. The number of carbonyl (C=O) groups excluding carboxylic acids is 1. The van der Waals surface area contributed by atoms with E-state index in [9.17, 15) is 18.5 Å². The third kappa shape index (κ3) is 5.42. The molecule has 0 radical (unpaired) electrons. The van der Waals surface area contributed by atoms with Gasteiger partial charge in [0.1, 0.15) is 10.8 Å². The third-order valence-electron chi connectivity index (χ3n) is 9.48. The Labute approximate surface area is 249 Å². The number of nitrogens with zero attached hydrogens (tertiary/aromatic N) is 4. The summed E-state index contributed by atoms with van der Waals surface area (Å²) in [5, 5.41) is 11.0. The number of carbonyl (C=O) groups is 1. The topological polar surface area (TPSA) is 104 Å². The van der Waals surface area contributed by atoms with Gasteiger partial charge in [0.05, 0.1) is 38.6 Å². The van der Waals surface area contributed by atoms with E-state index in [2.05, 4.69) is 40.2 Å². The van der Waals surface area contributed by atoms with E-state index >= 15 is 0 Å².